The number of likely N-dealkylation sites (N-methyl/N-ethyl adjacent to an activating group) is 1. The second kappa shape index (κ2) is 12.0. The first-order valence-corrected chi connectivity index (χ1v) is 12.9. The number of aromatic nitrogens is 3. The van der Waals surface area contributed by atoms with Gasteiger partial charge in [-0.15, -0.1) is 0 Å². The Morgan fingerprint density at radius 2 is 1.90 bits per heavy atom. The second-order valence-electron chi connectivity index (χ2n) is 9.74. The zero-order valence-electron chi connectivity index (χ0n) is 22.7. The molecule has 1 aliphatic heterocycles. The Labute approximate surface area is 236 Å². The van der Waals surface area contributed by atoms with Gasteiger partial charge in [0.15, 0.2) is 0 Å². The van der Waals surface area contributed by atoms with Crippen molar-refractivity contribution in [1.82, 2.24) is 20.3 Å². The van der Waals surface area contributed by atoms with E-state index in [4.69, 9.17) is 16.3 Å². The molecule has 0 aliphatic carbocycles. The molecule has 11 nitrogen and oxygen atoms in total. The van der Waals surface area contributed by atoms with Crippen LogP contribution in [-0.2, 0) is 10.4 Å². The lowest BCUT2D eigenvalue weighted by Gasteiger charge is -2.24. The van der Waals surface area contributed by atoms with Crippen LogP contribution in [0.4, 0.5) is 39.0 Å². The molecule has 40 heavy (non-hydrogen) atoms. The summed E-state index contributed by atoms with van der Waals surface area (Å²) in [4.78, 5) is 27.2. The van der Waals surface area contributed by atoms with E-state index in [-0.39, 0.29) is 28.4 Å². The summed E-state index contributed by atoms with van der Waals surface area (Å²) in [6, 6.07) is 6.43. The molecule has 0 bridgehead atoms. The van der Waals surface area contributed by atoms with Gasteiger partial charge in [0.05, 0.1) is 34.8 Å². The molecular formula is C27H32ClFN8O3. The fraction of sp³-hybridized carbons (Fsp3) is 0.333. The monoisotopic (exact) mass is 570 g/mol. The predicted molar refractivity (Wildman–Crippen MR) is 155 cm³/mol. The van der Waals surface area contributed by atoms with E-state index in [1.165, 1.54) is 32.3 Å². The quantitative estimate of drug-likeness (QED) is 0.224. The summed E-state index contributed by atoms with van der Waals surface area (Å²) in [7, 11) is 3.47. The van der Waals surface area contributed by atoms with Crippen molar-refractivity contribution in [2.24, 2.45) is 0 Å². The Morgan fingerprint density at radius 3 is 2.50 bits per heavy atom. The number of carbonyl (C=O) groups is 1. The van der Waals surface area contributed by atoms with Crippen LogP contribution in [0.2, 0.25) is 5.02 Å². The van der Waals surface area contributed by atoms with Crippen molar-refractivity contribution in [3.8, 4) is 5.75 Å². The lowest BCUT2D eigenvalue weighted by atomic mass is 9.96. The fourth-order valence-electron chi connectivity index (χ4n) is 4.41. The number of methoxy groups -OCH3 is 1. The van der Waals surface area contributed by atoms with E-state index >= 15 is 0 Å². The van der Waals surface area contributed by atoms with Crippen LogP contribution >= 0.6 is 11.6 Å². The molecule has 1 aromatic heterocycles. The molecule has 0 saturated carbocycles. The summed E-state index contributed by atoms with van der Waals surface area (Å²) in [6.07, 6.45) is 3.45. The Bertz CT molecular complexity index is 1420. The van der Waals surface area contributed by atoms with Crippen LogP contribution in [0.15, 0.2) is 43.2 Å². The molecule has 13 heteroatoms. The third-order valence-electron chi connectivity index (χ3n) is 6.48. The Balaban J connectivity index is 1.66. The van der Waals surface area contributed by atoms with Crippen LogP contribution < -0.4 is 30.9 Å². The number of anilines is 6. The van der Waals surface area contributed by atoms with Crippen molar-refractivity contribution in [2.75, 3.05) is 48.1 Å². The molecule has 1 fully saturated rings. The van der Waals surface area contributed by atoms with Crippen LogP contribution in [0.3, 0.4) is 0 Å². The normalized spacial score (nSPS) is 15.1. The molecule has 1 amide bonds. The molecule has 1 unspecified atom stereocenters. The van der Waals surface area contributed by atoms with Gasteiger partial charge in [0.25, 0.3) is 0 Å². The van der Waals surface area contributed by atoms with Gasteiger partial charge >= 0.3 is 0 Å². The lowest BCUT2D eigenvalue weighted by Crippen LogP contribution is -2.30. The number of aliphatic hydroxyl groups is 1. The number of hydrogen-bond donors (Lipinski definition) is 5. The fourth-order valence-corrected chi connectivity index (χ4v) is 4.57. The summed E-state index contributed by atoms with van der Waals surface area (Å²) in [5.41, 5.74) is 1.10. The third kappa shape index (κ3) is 6.58. The maximum absolute atomic E-state index is 14.1. The van der Waals surface area contributed by atoms with E-state index in [1.54, 1.807) is 13.2 Å². The number of nitrogens with zero attached hydrogens (tertiary/aromatic N) is 4. The number of ether oxygens (including phenoxy) is 1. The van der Waals surface area contributed by atoms with Crippen LogP contribution in [-0.4, -0.2) is 59.3 Å². The van der Waals surface area contributed by atoms with Gasteiger partial charge in [-0.1, -0.05) is 18.2 Å². The highest BCUT2D eigenvalue weighted by molar-refractivity contribution is 6.31. The Hall–Kier alpha value is -4.00. The number of hydrogen-bond acceptors (Lipinski definition) is 10. The molecule has 2 aromatic carbocycles. The average molecular weight is 571 g/mol. The molecule has 2 heterocycles. The van der Waals surface area contributed by atoms with Crippen LogP contribution in [0.5, 0.6) is 5.75 Å². The molecular weight excluding hydrogens is 539 g/mol. The molecule has 0 spiro atoms. The molecule has 1 saturated heterocycles. The first kappa shape index (κ1) is 29.0. The van der Waals surface area contributed by atoms with Gasteiger partial charge < -0.3 is 36.0 Å². The summed E-state index contributed by atoms with van der Waals surface area (Å²) in [5, 5.41) is 22.7. The summed E-state index contributed by atoms with van der Waals surface area (Å²) in [5.74, 6) is -0.221. The topological polar surface area (TPSA) is 137 Å². The van der Waals surface area contributed by atoms with Gasteiger partial charge in [-0.3, -0.25) is 4.79 Å². The first-order valence-electron chi connectivity index (χ1n) is 12.5. The summed E-state index contributed by atoms with van der Waals surface area (Å²) < 4.78 is 19.8. The smallest absolute Gasteiger partial charge is 0.247 e. The van der Waals surface area contributed by atoms with Gasteiger partial charge in [-0.05, 0) is 51.6 Å². The average Bonchev–Trinajstić information content (AvgIpc) is 3.39. The molecule has 4 rings (SSSR count). The molecule has 0 radical (unpaired) electrons. The van der Waals surface area contributed by atoms with Gasteiger partial charge in [-0.2, -0.15) is 4.98 Å². The minimum Gasteiger partial charge on any atom is -0.494 e. The zero-order chi connectivity index (χ0) is 29.0. The van der Waals surface area contributed by atoms with E-state index in [0.29, 0.717) is 28.9 Å². The molecule has 3 aromatic rings. The SMILES string of the molecule is C=CC(=O)Nc1cc(Nc2ncnc(Nc3cc(Cl)c(F)cc3C(C)(C)O)n2)c(OC)cc1N1CCC(NC)C1. The van der Waals surface area contributed by atoms with Crippen LogP contribution in [0.25, 0.3) is 0 Å². The van der Waals surface area contributed by atoms with E-state index in [2.05, 4.69) is 47.7 Å². The highest BCUT2D eigenvalue weighted by Crippen LogP contribution is 2.39. The van der Waals surface area contributed by atoms with E-state index in [9.17, 15) is 14.3 Å². The van der Waals surface area contributed by atoms with E-state index < -0.39 is 11.4 Å². The summed E-state index contributed by atoms with van der Waals surface area (Å²) in [6.45, 7) is 8.19. The van der Waals surface area contributed by atoms with Crippen molar-refractivity contribution in [3.05, 3.63) is 59.7 Å². The largest absolute Gasteiger partial charge is 0.494 e. The Kier molecular flexibility index (Phi) is 8.72. The lowest BCUT2D eigenvalue weighted by molar-refractivity contribution is -0.111. The van der Waals surface area contributed by atoms with E-state index in [0.717, 1.165) is 31.3 Å². The molecule has 212 valence electrons. The number of rotatable bonds is 10. The first-order chi connectivity index (χ1) is 19.0. The zero-order valence-corrected chi connectivity index (χ0v) is 23.4. The molecule has 1 aliphatic rings. The number of carbonyl (C=O) groups excluding carboxylic acids is 1. The highest BCUT2D eigenvalue weighted by atomic mass is 35.5. The Morgan fingerprint density at radius 1 is 1.20 bits per heavy atom. The second-order valence-corrected chi connectivity index (χ2v) is 10.1. The van der Waals surface area contributed by atoms with Crippen molar-refractivity contribution in [3.63, 3.8) is 0 Å². The van der Waals surface area contributed by atoms with Crippen molar-refractivity contribution < 1.29 is 19.0 Å². The van der Waals surface area contributed by atoms with Crippen LogP contribution in [0, 0.1) is 5.82 Å². The minimum atomic E-state index is -1.37. The standard InChI is InChI=1S/C27H32ClFN8O3/c1-6-24(38)33-20-11-21(23(40-5)12-22(20)37-8-7-15(13-37)30-4)35-26-32-14-31-25(36-26)34-19-10-17(28)18(29)9-16(19)27(2,3)39/h6,9-12,14-15,30,39H,1,7-8,13H2,2-5H3,(H,33,38)(H2,31,32,34,35,36). The third-order valence-corrected chi connectivity index (χ3v) is 6.77. The predicted octanol–water partition coefficient (Wildman–Crippen LogP) is 4.31. The van der Waals surface area contributed by atoms with Gasteiger partial charge in [0.1, 0.15) is 17.9 Å². The molecule has 5 N–H and O–H groups in total. The summed E-state index contributed by atoms with van der Waals surface area (Å²) >= 11 is 5.99. The number of halogens is 2. The molecule has 1 atom stereocenters. The van der Waals surface area contributed by atoms with Gasteiger partial charge in [-0.25, -0.2) is 14.4 Å². The van der Waals surface area contributed by atoms with Crippen LogP contribution in [0.1, 0.15) is 25.8 Å². The van der Waals surface area contributed by atoms with Gasteiger partial charge in [0, 0.05) is 36.4 Å². The maximum atomic E-state index is 14.1. The van der Waals surface area contributed by atoms with E-state index in [1.807, 2.05) is 13.1 Å². The van der Waals surface area contributed by atoms with Crippen molar-refractivity contribution in [2.45, 2.75) is 31.9 Å². The van der Waals surface area contributed by atoms with Crippen molar-refractivity contribution >= 4 is 52.2 Å². The maximum Gasteiger partial charge on any atom is 0.247 e. The van der Waals surface area contributed by atoms with Gasteiger partial charge in [0.2, 0.25) is 17.8 Å². The minimum absolute atomic E-state index is 0.122. The number of nitrogens with one attached hydrogen (secondary N) is 4. The number of amides is 1. The highest BCUT2D eigenvalue weighted by Gasteiger charge is 2.26. The van der Waals surface area contributed by atoms with Crippen molar-refractivity contribution in [1.29, 1.82) is 0 Å². The number of benzene rings is 2.